The van der Waals surface area contributed by atoms with Gasteiger partial charge in [-0.25, -0.2) is 0 Å². The molecule has 0 aromatic carbocycles. The Hall–Kier alpha value is 0. The second-order valence-corrected chi connectivity index (χ2v) is 9.07. The first-order valence-corrected chi connectivity index (χ1v) is 9.62. The molecule has 3 saturated carbocycles. The van der Waals surface area contributed by atoms with Crippen LogP contribution in [-0.2, 0) is 0 Å². The molecule has 0 spiro atoms. The third-order valence-electron chi connectivity index (χ3n) is 7.37. The van der Waals surface area contributed by atoms with Gasteiger partial charge in [0.1, 0.15) is 0 Å². The predicted molar refractivity (Wildman–Crippen MR) is 87.8 cm³/mol. The van der Waals surface area contributed by atoms with E-state index in [1.807, 2.05) is 0 Å². The maximum Gasteiger partial charge on any atom is -0.0240 e. The summed E-state index contributed by atoms with van der Waals surface area (Å²) in [6.07, 6.45) is 21.5. The number of hydrogen-bond donors (Lipinski definition) is 0. The van der Waals surface area contributed by atoms with E-state index in [1.165, 1.54) is 51.4 Å². The normalized spacial score (nSPS) is 32.1. The third-order valence-corrected chi connectivity index (χ3v) is 7.37. The van der Waals surface area contributed by atoms with Gasteiger partial charge in [0.15, 0.2) is 0 Å². The van der Waals surface area contributed by atoms with Gasteiger partial charge >= 0.3 is 0 Å². The molecule has 0 aromatic rings. The fourth-order valence-corrected chi connectivity index (χ4v) is 5.90. The number of rotatable bonds is 2. The molecule has 3 rings (SSSR count). The summed E-state index contributed by atoms with van der Waals surface area (Å²) >= 11 is 0. The second kappa shape index (κ2) is 6.01. The molecule has 0 nitrogen and oxygen atoms in total. The zero-order valence-electron chi connectivity index (χ0n) is 14.1. The van der Waals surface area contributed by atoms with Gasteiger partial charge < -0.3 is 0 Å². The fourth-order valence-electron chi connectivity index (χ4n) is 5.90. The lowest BCUT2D eigenvalue weighted by Gasteiger charge is -2.54. The van der Waals surface area contributed by atoms with Gasteiger partial charge in [-0.15, -0.1) is 0 Å². The van der Waals surface area contributed by atoms with E-state index in [-0.39, 0.29) is 0 Å². The van der Waals surface area contributed by atoms with Crippen LogP contribution < -0.4 is 0 Å². The quantitative estimate of drug-likeness (QED) is 0.524. The minimum Gasteiger partial charge on any atom is -0.0599 e. The predicted octanol–water partition coefficient (Wildman–Crippen LogP) is 6.73. The van der Waals surface area contributed by atoms with Crippen LogP contribution in [0.3, 0.4) is 0 Å². The van der Waals surface area contributed by atoms with Crippen LogP contribution in [0.1, 0.15) is 104 Å². The molecule has 0 unspecified atom stereocenters. The van der Waals surface area contributed by atoms with Gasteiger partial charge in [-0.3, -0.25) is 0 Å². The van der Waals surface area contributed by atoms with Crippen LogP contribution >= 0.6 is 0 Å². The Kier molecular flexibility index (Phi) is 4.48. The van der Waals surface area contributed by atoms with Crippen molar-refractivity contribution in [2.75, 3.05) is 0 Å². The van der Waals surface area contributed by atoms with Gasteiger partial charge in [-0.1, -0.05) is 52.4 Å². The Morgan fingerprint density at radius 3 is 1.35 bits per heavy atom. The molecule has 3 aliphatic carbocycles. The Morgan fingerprint density at radius 1 is 0.550 bits per heavy atom. The molecule has 0 bridgehead atoms. The monoisotopic (exact) mass is 276 g/mol. The summed E-state index contributed by atoms with van der Waals surface area (Å²) in [5.74, 6) is 2.19. The first kappa shape index (κ1) is 14.9. The van der Waals surface area contributed by atoms with E-state index < -0.39 is 0 Å². The van der Waals surface area contributed by atoms with Crippen molar-refractivity contribution in [1.29, 1.82) is 0 Å². The lowest BCUT2D eigenvalue weighted by Crippen LogP contribution is -2.44. The lowest BCUT2D eigenvalue weighted by atomic mass is 9.51. The van der Waals surface area contributed by atoms with Crippen molar-refractivity contribution in [3.63, 3.8) is 0 Å². The van der Waals surface area contributed by atoms with E-state index in [0.717, 1.165) is 17.3 Å². The lowest BCUT2D eigenvalue weighted by molar-refractivity contribution is -0.0397. The summed E-state index contributed by atoms with van der Waals surface area (Å²) in [4.78, 5) is 0. The highest BCUT2D eigenvalue weighted by Crippen LogP contribution is 2.59. The topological polar surface area (TPSA) is 0 Å². The van der Waals surface area contributed by atoms with Crippen LogP contribution in [0.2, 0.25) is 0 Å². The van der Waals surface area contributed by atoms with Crippen LogP contribution in [0.4, 0.5) is 0 Å². The van der Waals surface area contributed by atoms with Crippen molar-refractivity contribution < 1.29 is 0 Å². The van der Waals surface area contributed by atoms with Gasteiger partial charge in [0.25, 0.3) is 0 Å². The van der Waals surface area contributed by atoms with Crippen molar-refractivity contribution in [3.05, 3.63) is 0 Å². The Bertz CT molecular complexity index is 272. The van der Waals surface area contributed by atoms with E-state index in [4.69, 9.17) is 0 Å². The zero-order valence-corrected chi connectivity index (χ0v) is 14.1. The third kappa shape index (κ3) is 2.95. The highest BCUT2D eigenvalue weighted by molar-refractivity contribution is 4.98. The maximum atomic E-state index is 2.51. The van der Waals surface area contributed by atoms with Gasteiger partial charge in [-0.2, -0.15) is 0 Å². The molecule has 0 radical (unpaired) electrons. The summed E-state index contributed by atoms with van der Waals surface area (Å²) in [5.41, 5.74) is 1.41. The minimum absolute atomic E-state index is 0.632. The van der Waals surface area contributed by atoms with Crippen molar-refractivity contribution in [2.24, 2.45) is 22.7 Å². The molecule has 3 aliphatic rings. The first-order valence-electron chi connectivity index (χ1n) is 9.62. The SMILES string of the molecule is CC1(C)CCC(C2CCCCC2)(C2CCCCC2)CC1. The smallest absolute Gasteiger partial charge is 0.0240 e. The standard InChI is InChI=1S/C20H36/c1-19(2)13-15-20(16-14-19,17-9-5-3-6-10-17)18-11-7-4-8-12-18/h17-18H,3-16H2,1-2H3. The summed E-state index contributed by atoms with van der Waals surface area (Å²) in [6, 6.07) is 0. The molecule has 20 heavy (non-hydrogen) atoms. The summed E-state index contributed by atoms with van der Waals surface area (Å²) < 4.78 is 0. The van der Waals surface area contributed by atoms with Gasteiger partial charge in [0, 0.05) is 0 Å². The molecule has 0 heteroatoms. The Labute approximate surface area is 127 Å². The average molecular weight is 277 g/mol. The summed E-state index contributed by atoms with van der Waals surface area (Å²) in [7, 11) is 0. The van der Waals surface area contributed by atoms with E-state index >= 15 is 0 Å². The molecule has 0 heterocycles. The minimum atomic E-state index is 0.632. The van der Waals surface area contributed by atoms with Crippen molar-refractivity contribution in [2.45, 2.75) is 104 Å². The molecule has 0 saturated heterocycles. The molecule has 0 N–H and O–H groups in total. The molecule has 0 atom stereocenters. The highest BCUT2D eigenvalue weighted by Gasteiger charge is 2.48. The van der Waals surface area contributed by atoms with E-state index in [1.54, 1.807) is 38.5 Å². The van der Waals surface area contributed by atoms with Crippen LogP contribution in [-0.4, -0.2) is 0 Å². The van der Waals surface area contributed by atoms with Crippen molar-refractivity contribution >= 4 is 0 Å². The Balaban J connectivity index is 1.78. The Morgan fingerprint density at radius 2 is 0.950 bits per heavy atom. The van der Waals surface area contributed by atoms with Crippen LogP contribution in [0.5, 0.6) is 0 Å². The van der Waals surface area contributed by atoms with E-state index in [9.17, 15) is 0 Å². The van der Waals surface area contributed by atoms with Crippen LogP contribution in [0.15, 0.2) is 0 Å². The molecular weight excluding hydrogens is 240 g/mol. The van der Waals surface area contributed by atoms with Gasteiger partial charge in [0.05, 0.1) is 0 Å². The molecule has 116 valence electrons. The molecule has 0 aromatic heterocycles. The summed E-state index contributed by atoms with van der Waals surface area (Å²) in [6.45, 7) is 5.03. The zero-order chi connectivity index (χ0) is 14.1. The fraction of sp³-hybridized carbons (Fsp3) is 1.00. The van der Waals surface area contributed by atoms with Crippen molar-refractivity contribution in [3.8, 4) is 0 Å². The maximum absolute atomic E-state index is 2.51. The largest absolute Gasteiger partial charge is 0.0599 e. The number of hydrogen-bond acceptors (Lipinski definition) is 0. The van der Waals surface area contributed by atoms with Gasteiger partial charge in [0.2, 0.25) is 0 Å². The molecule has 0 aliphatic heterocycles. The van der Waals surface area contributed by atoms with Crippen LogP contribution in [0.25, 0.3) is 0 Å². The van der Waals surface area contributed by atoms with Crippen LogP contribution in [0, 0.1) is 22.7 Å². The van der Waals surface area contributed by atoms with Crippen molar-refractivity contribution in [1.82, 2.24) is 0 Å². The molecule has 0 amide bonds. The molecular formula is C20H36. The highest BCUT2D eigenvalue weighted by atomic mass is 14.5. The first-order chi connectivity index (χ1) is 9.62. The molecule has 3 fully saturated rings. The van der Waals surface area contributed by atoms with E-state index in [0.29, 0.717) is 5.41 Å². The average Bonchev–Trinajstić information content (AvgIpc) is 2.50. The van der Waals surface area contributed by atoms with Gasteiger partial charge in [-0.05, 0) is 74.0 Å². The second-order valence-electron chi connectivity index (χ2n) is 9.07. The summed E-state index contributed by atoms with van der Waals surface area (Å²) in [5, 5.41) is 0. The van der Waals surface area contributed by atoms with E-state index in [2.05, 4.69) is 13.8 Å².